The molecular formula is C15H23N3O. The van der Waals surface area contributed by atoms with Crippen LogP contribution in [0.15, 0.2) is 24.3 Å². The molecule has 0 aromatic heterocycles. The van der Waals surface area contributed by atoms with E-state index in [4.69, 9.17) is 0 Å². The third-order valence-electron chi connectivity index (χ3n) is 3.84. The number of nitrogens with zero attached hydrogens (tertiary/aromatic N) is 2. The van der Waals surface area contributed by atoms with Gasteiger partial charge < -0.3 is 10.2 Å². The van der Waals surface area contributed by atoms with E-state index >= 15 is 0 Å². The molecule has 1 atom stereocenters. The Morgan fingerprint density at radius 2 is 2.11 bits per heavy atom. The predicted molar refractivity (Wildman–Crippen MR) is 78.5 cm³/mol. The van der Waals surface area contributed by atoms with Crippen LogP contribution >= 0.6 is 0 Å². The van der Waals surface area contributed by atoms with Gasteiger partial charge in [0.1, 0.15) is 0 Å². The molecule has 104 valence electrons. The number of nitrogens with one attached hydrogen (secondary N) is 1. The van der Waals surface area contributed by atoms with Crippen molar-refractivity contribution in [2.24, 2.45) is 0 Å². The van der Waals surface area contributed by atoms with E-state index in [1.165, 1.54) is 0 Å². The van der Waals surface area contributed by atoms with Gasteiger partial charge in [0, 0.05) is 18.3 Å². The lowest BCUT2D eigenvalue weighted by Gasteiger charge is -2.39. The molecule has 4 heteroatoms. The minimum Gasteiger partial charge on any atom is -0.320 e. The van der Waals surface area contributed by atoms with Gasteiger partial charge in [-0.05, 0) is 45.6 Å². The highest BCUT2D eigenvalue weighted by Gasteiger charge is 2.30. The van der Waals surface area contributed by atoms with Crippen LogP contribution in [0.1, 0.15) is 12.0 Å². The van der Waals surface area contributed by atoms with E-state index in [0.717, 1.165) is 30.8 Å². The van der Waals surface area contributed by atoms with Crippen LogP contribution in [0.25, 0.3) is 0 Å². The van der Waals surface area contributed by atoms with Gasteiger partial charge in [-0.15, -0.1) is 0 Å². The molecule has 1 saturated heterocycles. The van der Waals surface area contributed by atoms with Crippen molar-refractivity contribution in [2.45, 2.75) is 19.4 Å². The van der Waals surface area contributed by atoms with E-state index in [9.17, 15) is 4.79 Å². The number of hydrogen-bond acceptors (Lipinski definition) is 3. The molecule has 0 saturated carbocycles. The predicted octanol–water partition coefficient (Wildman–Crippen LogP) is 1.25. The fourth-order valence-corrected chi connectivity index (χ4v) is 2.60. The van der Waals surface area contributed by atoms with Crippen LogP contribution in [0.3, 0.4) is 0 Å². The smallest absolute Gasteiger partial charge is 0.241 e. The fraction of sp³-hybridized carbons (Fsp3) is 0.533. The Kier molecular flexibility index (Phi) is 4.56. The number of rotatable bonds is 4. The summed E-state index contributed by atoms with van der Waals surface area (Å²) in [6.07, 6.45) is 1.06. The first-order valence-corrected chi connectivity index (χ1v) is 6.84. The van der Waals surface area contributed by atoms with Crippen molar-refractivity contribution in [3.05, 3.63) is 29.8 Å². The van der Waals surface area contributed by atoms with Gasteiger partial charge in [-0.2, -0.15) is 0 Å². The van der Waals surface area contributed by atoms with Gasteiger partial charge in [-0.1, -0.05) is 18.2 Å². The second kappa shape index (κ2) is 6.17. The Morgan fingerprint density at radius 1 is 1.37 bits per heavy atom. The molecule has 1 N–H and O–H groups in total. The van der Waals surface area contributed by atoms with E-state index in [-0.39, 0.29) is 5.91 Å². The lowest BCUT2D eigenvalue weighted by Crippen LogP contribution is -2.55. The molecule has 19 heavy (non-hydrogen) atoms. The summed E-state index contributed by atoms with van der Waals surface area (Å²) < 4.78 is 0. The first kappa shape index (κ1) is 14.0. The molecule has 2 rings (SSSR count). The number of benzene rings is 1. The zero-order valence-electron chi connectivity index (χ0n) is 12.0. The largest absolute Gasteiger partial charge is 0.320 e. The highest BCUT2D eigenvalue weighted by atomic mass is 16.2. The van der Waals surface area contributed by atoms with E-state index < -0.39 is 0 Å². The van der Waals surface area contributed by atoms with Crippen molar-refractivity contribution in [1.82, 2.24) is 10.2 Å². The van der Waals surface area contributed by atoms with Gasteiger partial charge in [0.05, 0.1) is 6.54 Å². The molecule has 1 fully saturated rings. The van der Waals surface area contributed by atoms with Gasteiger partial charge in [0.2, 0.25) is 5.91 Å². The Balaban J connectivity index is 2.16. The average molecular weight is 261 g/mol. The van der Waals surface area contributed by atoms with Crippen LogP contribution in [-0.4, -0.2) is 50.6 Å². The average Bonchev–Trinajstić information content (AvgIpc) is 2.39. The number of anilines is 1. The molecule has 1 amide bonds. The number of carbonyl (C=O) groups is 1. The minimum absolute atomic E-state index is 0.192. The van der Waals surface area contributed by atoms with Crippen molar-refractivity contribution in [3.8, 4) is 0 Å². The molecule has 0 aliphatic carbocycles. The number of para-hydroxylation sites is 1. The van der Waals surface area contributed by atoms with Gasteiger partial charge in [0.25, 0.3) is 0 Å². The number of amides is 1. The van der Waals surface area contributed by atoms with E-state index in [1.807, 2.05) is 37.2 Å². The molecular weight excluding hydrogens is 238 g/mol. The maximum Gasteiger partial charge on any atom is 0.241 e. The number of hydrogen-bond donors (Lipinski definition) is 1. The lowest BCUT2D eigenvalue weighted by atomic mass is 10.1. The first-order chi connectivity index (χ1) is 9.13. The highest BCUT2D eigenvalue weighted by Crippen LogP contribution is 2.23. The lowest BCUT2D eigenvalue weighted by molar-refractivity contribution is -0.122. The van der Waals surface area contributed by atoms with Crippen LogP contribution < -0.4 is 10.2 Å². The minimum atomic E-state index is 0.192. The molecule has 0 bridgehead atoms. The molecule has 1 aromatic carbocycles. The van der Waals surface area contributed by atoms with Gasteiger partial charge in [0.15, 0.2) is 0 Å². The van der Waals surface area contributed by atoms with Crippen molar-refractivity contribution < 1.29 is 4.79 Å². The highest BCUT2D eigenvalue weighted by molar-refractivity contribution is 5.96. The first-order valence-electron chi connectivity index (χ1n) is 6.84. The summed E-state index contributed by atoms with van der Waals surface area (Å²) in [4.78, 5) is 16.3. The van der Waals surface area contributed by atoms with Crippen molar-refractivity contribution in [3.63, 3.8) is 0 Å². The maximum absolute atomic E-state index is 12.2. The second-order valence-corrected chi connectivity index (χ2v) is 5.25. The molecule has 0 radical (unpaired) electrons. The monoisotopic (exact) mass is 261 g/mol. The summed E-state index contributed by atoms with van der Waals surface area (Å²) in [5.41, 5.74) is 2.21. The van der Waals surface area contributed by atoms with Gasteiger partial charge in [-0.25, -0.2) is 0 Å². The SMILES string of the molecule is CNCCC1CN(c2ccccc2C)C(=O)CN1C. The van der Waals surface area contributed by atoms with E-state index in [2.05, 4.69) is 23.2 Å². The summed E-state index contributed by atoms with van der Waals surface area (Å²) in [6, 6.07) is 8.52. The summed E-state index contributed by atoms with van der Waals surface area (Å²) in [7, 11) is 4.00. The molecule has 1 aliphatic rings. The molecule has 1 unspecified atom stereocenters. The van der Waals surface area contributed by atoms with Crippen molar-refractivity contribution in [1.29, 1.82) is 0 Å². The third-order valence-corrected chi connectivity index (χ3v) is 3.84. The number of piperazine rings is 1. The summed E-state index contributed by atoms with van der Waals surface area (Å²) in [6.45, 7) is 4.32. The molecule has 1 aliphatic heterocycles. The topological polar surface area (TPSA) is 35.6 Å². The van der Waals surface area contributed by atoms with Crippen LogP contribution in [0.2, 0.25) is 0 Å². The summed E-state index contributed by atoms with van der Waals surface area (Å²) in [5, 5.41) is 3.18. The van der Waals surface area contributed by atoms with E-state index in [1.54, 1.807) is 0 Å². The second-order valence-electron chi connectivity index (χ2n) is 5.25. The van der Waals surface area contributed by atoms with E-state index in [0.29, 0.717) is 12.6 Å². The Morgan fingerprint density at radius 3 is 2.79 bits per heavy atom. The van der Waals surface area contributed by atoms with Crippen LogP contribution in [0, 0.1) is 6.92 Å². The number of likely N-dealkylation sites (N-methyl/N-ethyl adjacent to an activating group) is 1. The summed E-state index contributed by atoms with van der Waals surface area (Å²) in [5.74, 6) is 0.192. The maximum atomic E-state index is 12.2. The third kappa shape index (κ3) is 3.14. The normalized spacial score (nSPS) is 20.9. The van der Waals surface area contributed by atoms with Crippen LogP contribution in [-0.2, 0) is 4.79 Å². The molecule has 0 spiro atoms. The Bertz CT molecular complexity index is 447. The molecule has 1 heterocycles. The number of aryl methyl sites for hydroxylation is 1. The van der Waals surface area contributed by atoms with Crippen molar-refractivity contribution in [2.75, 3.05) is 38.6 Å². The van der Waals surface area contributed by atoms with Crippen LogP contribution in [0.5, 0.6) is 0 Å². The molecule has 4 nitrogen and oxygen atoms in total. The quantitative estimate of drug-likeness (QED) is 0.886. The zero-order valence-corrected chi connectivity index (χ0v) is 12.0. The number of carbonyl (C=O) groups excluding carboxylic acids is 1. The van der Waals surface area contributed by atoms with Crippen LogP contribution in [0.4, 0.5) is 5.69 Å². The fourth-order valence-electron chi connectivity index (χ4n) is 2.60. The standard InChI is InChI=1S/C15H23N3O/c1-12-6-4-5-7-14(12)18-10-13(8-9-16-2)17(3)11-15(18)19/h4-7,13,16H,8-11H2,1-3H3. The van der Waals surface area contributed by atoms with Gasteiger partial charge in [-0.3, -0.25) is 9.69 Å². The Labute approximate surface area is 115 Å². The summed E-state index contributed by atoms with van der Waals surface area (Å²) >= 11 is 0. The van der Waals surface area contributed by atoms with Gasteiger partial charge >= 0.3 is 0 Å². The zero-order chi connectivity index (χ0) is 13.8. The van der Waals surface area contributed by atoms with Crippen molar-refractivity contribution >= 4 is 11.6 Å². The Hall–Kier alpha value is -1.39. The molecule has 1 aromatic rings.